The molecular formula is C12H22N2OS. The van der Waals surface area contributed by atoms with Crippen molar-refractivity contribution in [2.24, 2.45) is 11.7 Å². The Balaban J connectivity index is 2.04. The van der Waals surface area contributed by atoms with Gasteiger partial charge in [0.1, 0.15) is 0 Å². The molecule has 0 bridgehead atoms. The van der Waals surface area contributed by atoms with Crippen molar-refractivity contribution >= 4 is 17.7 Å². The fourth-order valence-electron chi connectivity index (χ4n) is 2.85. The molecule has 1 amide bonds. The summed E-state index contributed by atoms with van der Waals surface area (Å²) in [6.45, 7) is 5.83. The van der Waals surface area contributed by atoms with Gasteiger partial charge in [-0.3, -0.25) is 4.79 Å². The molecule has 2 N–H and O–H groups in total. The molecule has 0 aromatic rings. The molecule has 2 aliphatic rings. The molecule has 2 rings (SSSR count). The fourth-order valence-corrected chi connectivity index (χ4v) is 4.12. The van der Waals surface area contributed by atoms with Gasteiger partial charge < -0.3 is 10.6 Å². The van der Waals surface area contributed by atoms with Crippen LogP contribution in [0, 0.1) is 5.92 Å². The Kier molecular flexibility index (Phi) is 3.50. The van der Waals surface area contributed by atoms with E-state index in [2.05, 4.69) is 18.7 Å². The minimum absolute atomic E-state index is 0.155. The van der Waals surface area contributed by atoms with Crippen molar-refractivity contribution in [1.82, 2.24) is 4.90 Å². The van der Waals surface area contributed by atoms with Gasteiger partial charge in [0.05, 0.1) is 4.75 Å². The fraction of sp³-hybridized carbons (Fsp3) is 0.917. The third-order valence-electron chi connectivity index (χ3n) is 3.93. The smallest absolute Gasteiger partial charge is 0.238 e. The predicted octanol–water partition coefficient (Wildman–Crippen LogP) is 1.47. The number of nitrogens with zero attached hydrogens (tertiary/aromatic N) is 1. The van der Waals surface area contributed by atoms with Gasteiger partial charge in [-0.05, 0) is 51.3 Å². The van der Waals surface area contributed by atoms with Gasteiger partial charge in [0, 0.05) is 12.6 Å². The Morgan fingerprint density at radius 2 is 2.38 bits per heavy atom. The third kappa shape index (κ3) is 2.09. The first-order valence-electron chi connectivity index (χ1n) is 6.22. The number of thioether (sulfide) groups is 1. The molecule has 2 saturated heterocycles. The minimum Gasteiger partial charge on any atom is -0.338 e. The van der Waals surface area contributed by atoms with Gasteiger partial charge >= 0.3 is 0 Å². The summed E-state index contributed by atoms with van der Waals surface area (Å²) in [5.74, 6) is 1.98. The van der Waals surface area contributed by atoms with Crippen LogP contribution >= 0.6 is 11.8 Å². The molecular weight excluding hydrogens is 220 g/mol. The molecule has 92 valence electrons. The number of amides is 1. The first-order valence-corrected chi connectivity index (χ1v) is 7.20. The van der Waals surface area contributed by atoms with Gasteiger partial charge in [0.2, 0.25) is 5.91 Å². The van der Waals surface area contributed by atoms with Crippen molar-refractivity contribution in [2.45, 2.75) is 43.9 Å². The van der Waals surface area contributed by atoms with Gasteiger partial charge in [0.25, 0.3) is 0 Å². The molecule has 0 aromatic carbocycles. The largest absolute Gasteiger partial charge is 0.338 e. The van der Waals surface area contributed by atoms with Gasteiger partial charge in [-0.2, -0.15) is 0 Å². The Morgan fingerprint density at radius 1 is 1.62 bits per heavy atom. The maximum atomic E-state index is 12.5. The van der Waals surface area contributed by atoms with Crippen molar-refractivity contribution in [1.29, 1.82) is 0 Å². The molecule has 2 heterocycles. The Hall–Kier alpha value is -0.220. The monoisotopic (exact) mass is 242 g/mol. The van der Waals surface area contributed by atoms with E-state index in [4.69, 9.17) is 5.73 Å². The Labute approximate surface area is 102 Å². The zero-order valence-corrected chi connectivity index (χ0v) is 11.1. The summed E-state index contributed by atoms with van der Waals surface area (Å²) in [6, 6.07) is 0.374. The van der Waals surface area contributed by atoms with Crippen LogP contribution in [0.5, 0.6) is 0 Å². The van der Waals surface area contributed by atoms with Crippen LogP contribution < -0.4 is 5.73 Å². The number of nitrogens with two attached hydrogens (primary N) is 1. The van der Waals surface area contributed by atoms with Crippen LogP contribution in [0.25, 0.3) is 0 Å². The maximum absolute atomic E-state index is 12.5. The van der Waals surface area contributed by atoms with E-state index < -0.39 is 0 Å². The van der Waals surface area contributed by atoms with Crippen LogP contribution in [-0.2, 0) is 4.79 Å². The molecule has 16 heavy (non-hydrogen) atoms. The highest BCUT2D eigenvalue weighted by Crippen LogP contribution is 2.40. The lowest BCUT2D eigenvalue weighted by atomic mass is 10.0. The lowest BCUT2D eigenvalue weighted by molar-refractivity contribution is -0.134. The highest BCUT2D eigenvalue weighted by molar-refractivity contribution is 8.01. The highest BCUT2D eigenvalue weighted by atomic mass is 32.2. The van der Waals surface area contributed by atoms with E-state index in [9.17, 15) is 4.79 Å². The second kappa shape index (κ2) is 4.57. The molecule has 0 spiro atoms. The van der Waals surface area contributed by atoms with Gasteiger partial charge in [-0.25, -0.2) is 0 Å². The zero-order chi connectivity index (χ0) is 11.8. The summed E-state index contributed by atoms with van der Waals surface area (Å²) < 4.78 is -0.155. The summed E-state index contributed by atoms with van der Waals surface area (Å²) in [6.07, 6.45) is 3.28. The number of hydrogen-bond donors (Lipinski definition) is 1. The zero-order valence-electron chi connectivity index (χ0n) is 10.2. The summed E-state index contributed by atoms with van der Waals surface area (Å²) in [5, 5.41) is 0. The third-order valence-corrected chi connectivity index (χ3v) is 5.44. The SMILES string of the molecule is CC1CC(CN)CN1C(=O)C1(C)CCCS1. The molecule has 3 atom stereocenters. The van der Waals surface area contributed by atoms with Crippen LogP contribution in [0.15, 0.2) is 0 Å². The molecule has 0 aromatic heterocycles. The van der Waals surface area contributed by atoms with E-state index in [-0.39, 0.29) is 4.75 Å². The average Bonchev–Trinajstić information content (AvgIpc) is 2.85. The quantitative estimate of drug-likeness (QED) is 0.797. The molecule has 2 aliphatic heterocycles. The number of hydrogen-bond acceptors (Lipinski definition) is 3. The maximum Gasteiger partial charge on any atom is 0.238 e. The first-order chi connectivity index (χ1) is 7.57. The van der Waals surface area contributed by atoms with E-state index >= 15 is 0 Å². The molecule has 2 fully saturated rings. The van der Waals surface area contributed by atoms with E-state index in [0.717, 1.165) is 25.1 Å². The van der Waals surface area contributed by atoms with Crippen molar-refractivity contribution in [3.05, 3.63) is 0 Å². The van der Waals surface area contributed by atoms with Crippen LogP contribution in [0.3, 0.4) is 0 Å². The number of carbonyl (C=O) groups excluding carboxylic acids is 1. The van der Waals surface area contributed by atoms with Gasteiger partial charge in [-0.15, -0.1) is 11.8 Å². The standard InChI is InChI=1S/C12H22N2OS/c1-9-6-10(7-13)8-14(9)11(15)12(2)4-3-5-16-12/h9-10H,3-8,13H2,1-2H3. The minimum atomic E-state index is -0.155. The first kappa shape index (κ1) is 12.2. The number of carbonyl (C=O) groups is 1. The topological polar surface area (TPSA) is 46.3 Å². The van der Waals surface area contributed by atoms with Crippen LogP contribution in [0.4, 0.5) is 0 Å². The Morgan fingerprint density at radius 3 is 2.88 bits per heavy atom. The van der Waals surface area contributed by atoms with Gasteiger partial charge in [-0.1, -0.05) is 0 Å². The van der Waals surface area contributed by atoms with E-state index in [0.29, 0.717) is 24.4 Å². The van der Waals surface area contributed by atoms with E-state index in [1.807, 2.05) is 11.8 Å². The van der Waals surface area contributed by atoms with Crippen molar-refractivity contribution < 1.29 is 4.79 Å². The number of rotatable bonds is 2. The molecule has 0 aliphatic carbocycles. The second-order valence-electron chi connectivity index (χ2n) is 5.33. The van der Waals surface area contributed by atoms with Crippen LogP contribution in [-0.4, -0.2) is 40.4 Å². The summed E-state index contributed by atoms with van der Waals surface area (Å²) in [7, 11) is 0. The summed E-state index contributed by atoms with van der Waals surface area (Å²) in [5.41, 5.74) is 5.70. The van der Waals surface area contributed by atoms with E-state index in [1.165, 1.54) is 6.42 Å². The van der Waals surface area contributed by atoms with E-state index in [1.54, 1.807) is 0 Å². The summed E-state index contributed by atoms with van der Waals surface area (Å²) >= 11 is 1.83. The van der Waals surface area contributed by atoms with Crippen LogP contribution in [0.1, 0.15) is 33.1 Å². The normalized spacial score (nSPS) is 39.3. The molecule has 0 radical (unpaired) electrons. The van der Waals surface area contributed by atoms with Crippen molar-refractivity contribution in [3.8, 4) is 0 Å². The molecule has 3 unspecified atom stereocenters. The Bertz CT molecular complexity index is 276. The summed E-state index contributed by atoms with van der Waals surface area (Å²) in [4.78, 5) is 14.6. The van der Waals surface area contributed by atoms with Crippen molar-refractivity contribution in [3.63, 3.8) is 0 Å². The molecule has 3 nitrogen and oxygen atoms in total. The lowest BCUT2D eigenvalue weighted by Gasteiger charge is -2.31. The molecule has 4 heteroatoms. The highest BCUT2D eigenvalue weighted by Gasteiger charge is 2.43. The second-order valence-corrected chi connectivity index (χ2v) is 6.92. The van der Waals surface area contributed by atoms with Crippen molar-refractivity contribution in [2.75, 3.05) is 18.8 Å². The van der Waals surface area contributed by atoms with Crippen LogP contribution in [0.2, 0.25) is 0 Å². The van der Waals surface area contributed by atoms with Gasteiger partial charge in [0.15, 0.2) is 0 Å². The predicted molar refractivity (Wildman–Crippen MR) is 68.4 cm³/mol. The molecule has 0 saturated carbocycles. The average molecular weight is 242 g/mol. The lowest BCUT2D eigenvalue weighted by Crippen LogP contribution is -2.45. The number of likely N-dealkylation sites (tertiary alicyclic amines) is 1.